The second-order valence-electron chi connectivity index (χ2n) is 2.88. The summed E-state index contributed by atoms with van der Waals surface area (Å²) in [6, 6.07) is 3.15. The van der Waals surface area contributed by atoms with Crippen LogP contribution in [0.5, 0.6) is 5.75 Å². The average molecular weight is 349 g/mol. The Bertz CT molecular complexity index is 479. The maximum atomic E-state index is 10.8. The minimum absolute atomic E-state index is 0.0297. The number of nitrogens with zero attached hydrogens (tertiary/aromatic N) is 1. The van der Waals surface area contributed by atoms with Crippen LogP contribution in [-0.4, -0.2) is 12.0 Å². The normalized spacial score (nSPS) is 9.19. The van der Waals surface area contributed by atoms with Gasteiger partial charge in [0.25, 0.3) is 5.69 Å². The van der Waals surface area contributed by atoms with Crippen LogP contribution in [0.25, 0.3) is 0 Å². The standard InChI is InChI=1S/C10H8INO3S/c1-7-9(12(13)14)5-8(3-4-16-11)6-10(7)15-2/h5-6H,1-2H3. The van der Waals surface area contributed by atoms with Crippen LogP contribution < -0.4 is 4.74 Å². The second kappa shape index (κ2) is 5.96. The van der Waals surface area contributed by atoms with Gasteiger partial charge in [0.1, 0.15) is 5.75 Å². The fourth-order valence-corrected chi connectivity index (χ4v) is 1.71. The largest absolute Gasteiger partial charge is 0.496 e. The summed E-state index contributed by atoms with van der Waals surface area (Å²) in [6.07, 6.45) is 0. The van der Waals surface area contributed by atoms with Gasteiger partial charge in [0.05, 0.1) is 17.6 Å². The van der Waals surface area contributed by atoms with E-state index in [4.69, 9.17) is 4.74 Å². The summed E-state index contributed by atoms with van der Waals surface area (Å²) in [7, 11) is 2.81. The summed E-state index contributed by atoms with van der Waals surface area (Å²) >= 11 is 2.04. The third-order valence-electron chi connectivity index (χ3n) is 1.98. The Balaban J connectivity index is 3.34. The predicted molar refractivity (Wildman–Crippen MR) is 72.9 cm³/mol. The smallest absolute Gasteiger partial charge is 0.277 e. The van der Waals surface area contributed by atoms with Crippen molar-refractivity contribution >= 4 is 35.8 Å². The minimum Gasteiger partial charge on any atom is -0.496 e. The monoisotopic (exact) mass is 349 g/mol. The first kappa shape index (κ1) is 13.1. The first-order chi connectivity index (χ1) is 7.60. The zero-order chi connectivity index (χ0) is 12.1. The van der Waals surface area contributed by atoms with Crippen LogP contribution in [0.2, 0.25) is 0 Å². The van der Waals surface area contributed by atoms with Crippen LogP contribution in [0.3, 0.4) is 0 Å². The van der Waals surface area contributed by atoms with Crippen LogP contribution in [0.1, 0.15) is 11.1 Å². The van der Waals surface area contributed by atoms with Crippen molar-refractivity contribution in [2.75, 3.05) is 7.11 Å². The highest BCUT2D eigenvalue weighted by molar-refractivity contribution is 14.2. The first-order valence-electron chi connectivity index (χ1n) is 4.21. The van der Waals surface area contributed by atoms with Crippen molar-refractivity contribution in [3.63, 3.8) is 0 Å². The van der Waals surface area contributed by atoms with Gasteiger partial charge >= 0.3 is 0 Å². The molecule has 0 atom stereocenters. The molecule has 1 aromatic rings. The molecular formula is C10H8INO3S. The van der Waals surface area contributed by atoms with E-state index in [1.807, 2.05) is 21.2 Å². The highest BCUT2D eigenvalue weighted by Gasteiger charge is 2.15. The Morgan fingerprint density at radius 3 is 2.75 bits per heavy atom. The van der Waals surface area contributed by atoms with Crippen molar-refractivity contribution < 1.29 is 9.66 Å². The molecule has 0 spiro atoms. The van der Waals surface area contributed by atoms with E-state index in [1.165, 1.54) is 22.1 Å². The zero-order valence-electron chi connectivity index (χ0n) is 8.61. The molecule has 0 radical (unpaired) electrons. The Kier molecular flexibility index (Phi) is 4.89. The van der Waals surface area contributed by atoms with E-state index >= 15 is 0 Å². The molecule has 0 bridgehead atoms. The van der Waals surface area contributed by atoms with Crippen LogP contribution in [-0.2, 0) is 0 Å². The molecule has 1 aromatic carbocycles. The summed E-state index contributed by atoms with van der Waals surface area (Å²) in [4.78, 5) is 10.4. The maximum absolute atomic E-state index is 10.8. The van der Waals surface area contributed by atoms with Crippen molar-refractivity contribution in [1.82, 2.24) is 0 Å². The Hall–Kier alpha value is -0.940. The quantitative estimate of drug-likeness (QED) is 0.356. The van der Waals surface area contributed by atoms with Gasteiger partial charge in [-0.15, -0.1) is 0 Å². The van der Waals surface area contributed by atoms with E-state index in [0.29, 0.717) is 16.9 Å². The van der Waals surface area contributed by atoms with E-state index in [2.05, 4.69) is 11.2 Å². The fourth-order valence-electron chi connectivity index (χ4n) is 1.22. The van der Waals surface area contributed by atoms with Crippen LogP contribution in [0, 0.1) is 28.2 Å². The third-order valence-corrected chi connectivity index (χ3v) is 2.82. The number of rotatable bonds is 2. The summed E-state index contributed by atoms with van der Waals surface area (Å²) < 4.78 is 5.08. The molecule has 0 aliphatic heterocycles. The molecule has 6 heteroatoms. The third kappa shape index (κ3) is 3.02. The molecule has 0 unspecified atom stereocenters. The van der Waals surface area contributed by atoms with E-state index in [9.17, 15) is 10.1 Å². The maximum Gasteiger partial charge on any atom is 0.277 e. The number of hydrogen-bond acceptors (Lipinski definition) is 4. The minimum atomic E-state index is -0.430. The van der Waals surface area contributed by atoms with Gasteiger partial charge in [-0.3, -0.25) is 10.1 Å². The van der Waals surface area contributed by atoms with Gasteiger partial charge in [0, 0.05) is 32.8 Å². The number of nitro benzene ring substituents is 1. The lowest BCUT2D eigenvalue weighted by Crippen LogP contribution is -1.96. The molecule has 0 heterocycles. The average Bonchev–Trinajstić information content (AvgIpc) is 2.27. The van der Waals surface area contributed by atoms with Crippen molar-refractivity contribution in [2.45, 2.75) is 6.92 Å². The van der Waals surface area contributed by atoms with Crippen LogP contribution in [0.4, 0.5) is 5.69 Å². The molecular weight excluding hydrogens is 341 g/mol. The second-order valence-corrected chi connectivity index (χ2v) is 4.56. The lowest BCUT2D eigenvalue weighted by Gasteiger charge is -2.05. The molecule has 16 heavy (non-hydrogen) atoms. The van der Waals surface area contributed by atoms with Gasteiger partial charge in [-0.05, 0) is 27.2 Å². The van der Waals surface area contributed by atoms with E-state index in [1.54, 1.807) is 13.0 Å². The number of nitro groups is 1. The molecule has 0 amide bonds. The Morgan fingerprint density at radius 1 is 1.56 bits per heavy atom. The number of halogens is 1. The molecule has 4 nitrogen and oxygen atoms in total. The highest BCUT2D eigenvalue weighted by Crippen LogP contribution is 2.29. The number of methoxy groups -OCH3 is 1. The van der Waals surface area contributed by atoms with E-state index in [0.717, 1.165) is 0 Å². The van der Waals surface area contributed by atoms with E-state index in [-0.39, 0.29) is 5.69 Å². The first-order valence-corrected chi connectivity index (χ1v) is 7.57. The van der Waals surface area contributed by atoms with Gasteiger partial charge in [0.2, 0.25) is 0 Å². The van der Waals surface area contributed by atoms with Crippen molar-refractivity contribution in [3.8, 4) is 16.9 Å². The lowest BCUT2D eigenvalue weighted by atomic mass is 10.1. The molecule has 0 N–H and O–H groups in total. The van der Waals surface area contributed by atoms with Gasteiger partial charge in [-0.2, -0.15) is 0 Å². The topological polar surface area (TPSA) is 52.4 Å². The van der Waals surface area contributed by atoms with Crippen molar-refractivity contribution in [2.24, 2.45) is 0 Å². The summed E-state index contributed by atoms with van der Waals surface area (Å²) in [5.74, 6) is 3.30. The van der Waals surface area contributed by atoms with Crippen LogP contribution >= 0.6 is 30.1 Å². The van der Waals surface area contributed by atoms with Gasteiger partial charge in [0.15, 0.2) is 0 Å². The van der Waals surface area contributed by atoms with Crippen molar-refractivity contribution in [3.05, 3.63) is 33.4 Å². The predicted octanol–water partition coefficient (Wildman–Crippen LogP) is 3.30. The fraction of sp³-hybridized carbons (Fsp3) is 0.200. The van der Waals surface area contributed by atoms with Crippen LogP contribution in [0.15, 0.2) is 12.1 Å². The van der Waals surface area contributed by atoms with Gasteiger partial charge in [-0.25, -0.2) is 0 Å². The summed E-state index contributed by atoms with van der Waals surface area (Å²) in [5.41, 5.74) is 1.13. The molecule has 0 fully saturated rings. The van der Waals surface area contributed by atoms with E-state index < -0.39 is 4.92 Å². The lowest BCUT2D eigenvalue weighted by molar-refractivity contribution is -0.385. The Morgan fingerprint density at radius 2 is 2.25 bits per heavy atom. The molecule has 0 aliphatic rings. The number of benzene rings is 1. The number of hydrogen-bond donors (Lipinski definition) is 0. The SMILES string of the molecule is COc1cc(C#CSI)cc([N+](=O)[O-])c1C. The summed E-state index contributed by atoms with van der Waals surface area (Å²) in [5, 5.41) is 13.6. The number of ether oxygens (including phenoxy) is 1. The zero-order valence-corrected chi connectivity index (χ0v) is 11.6. The van der Waals surface area contributed by atoms with Gasteiger partial charge < -0.3 is 4.74 Å². The van der Waals surface area contributed by atoms with Crippen molar-refractivity contribution in [1.29, 1.82) is 0 Å². The highest BCUT2D eigenvalue weighted by atomic mass is 127. The van der Waals surface area contributed by atoms with Gasteiger partial charge in [-0.1, -0.05) is 5.92 Å². The molecule has 0 aromatic heterocycles. The molecule has 84 valence electrons. The molecule has 1 rings (SSSR count). The molecule has 0 aliphatic carbocycles. The Labute approximate surface area is 109 Å². The summed E-state index contributed by atoms with van der Waals surface area (Å²) in [6.45, 7) is 1.65. The molecule has 0 saturated heterocycles. The molecule has 0 saturated carbocycles.